The van der Waals surface area contributed by atoms with Crippen LogP contribution in [0.4, 0.5) is 5.69 Å². The number of aromatic nitrogens is 3. The monoisotopic (exact) mass is 286 g/mol. The first-order valence-corrected chi connectivity index (χ1v) is 4.77. The van der Waals surface area contributed by atoms with Crippen LogP contribution in [-0.4, -0.2) is 15.0 Å². The fraction of sp³-hybridized carbons (Fsp3) is 0. The molecule has 4 nitrogen and oxygen atoms in total. The summed E-state index contributed by atoms with van der Waals surface area (Å²) in [5.74, 6) is 0. The Kier molecular flexibility index (Phi) is 2.17. The number of nitrogens with two attached hydrogens (primary N) is 1. The molecule has 0 aliphatic rings. The second-order valence-corrected chi connectivity index (χ2v) is 3.80. The van der Waals surface area contributed by atoms with E-state index in [0.29, 0.717) is 5.69 Å². The van der Waals surface area contributed by atoms with Crippen LogP contribution in [0.3, 0.4) is 0 Å². The van der Waals surface area contributed by atoms with Gasteiger partial charge in [-0.1, -0.05) is 5.21 Å². The third-order valence-electron chi connectivity index (χ3n) is 1.66. The van der Waals surface area contributed by atoms with Gasteiger partial charge in [-0.15, -0.1) is 5.10 Å². The molecule has 2 rings (SSSR count). The van der Waals surface area contributed by atoms with Crippen molar-refractivity contribution in [1.29, 1.82) is 0 Å². The standard InChI is InChI=1S/C8H7IN4/c9-6-1-2-7(10)8(5-6)13-4-3-11-12-13/h1-5H,10H2. The molecule has 2 N–H and O–H groups in total. The van der Waals surface area contributed by atoms with E-state index in [1.54, 1.807) is 17.1 Å². The molecule has 0 saturated carbocycles. The molecule has 0 bridgehead atoms. The second kappa shape index (κ2) is 3.33. The minimum atomic E-state index is 0.700. The van der Waals surface area contributed by atoms with Crippen LogP contribution >= 0.6 is 22.6 Å². The van der Waals surface area contributed by atoms with Crippen LogP contribution in [0.2, 0.25) is 0 Å². The quantitative estimate of drug-likeness (QED) is 0.637. The summed E-state index contributed by atoms with van der Waals surface area (Å²) in [7, 11) is 0. The van der Waals surface area contributed by atoms with Gasteiger partial charge >= 0.3 is 0 Å². The topological polar surface area (TPSA) is 56.7 Å². The summed E-state index contributed by atoms with van der Waals surface area (Å²) in [6.07, 6.45) is 3.39. The number of hydrogen-bond donors (Lipinski definition) is 1. The Bertz CT molecular complexity index is 410. The average Bonchev–Trinajstić information content (AvgIpc) is 2.61. The molecule has 0 radical (unpaired) electrons. The SMILES string of the molecule is Nc1ccc(I)cc1-n1ccnn1. The van der Waals surface area contributed by atoms with E-state index in [1.807, 2.05) is 18.2 Å². The number of nitrogens with zero attached hydrogens (tertiary/aromatic N) is 3. The third-order valence-corrected chi connectivity index (χ3v) is 2.33. The summed E-state index contributed by atoms with van der Waals surface area (Å²) in [6, 6.07) is 5.78. The van der Waals surface area contributed by atoms with Gasteiger partial charge in [0.2, 0.25) is 0 Å². The first-order valence-electron chi connectivity index (χ1n) is 3.69. The van der Waals surface area contributed by atoms with Crippen molar-refractivity contribution in [2.24, 2.45) is 0 Å². The van der Waals surface area contributed by atoms with Gasteiger partial charge in [0.15, 0.2) is 0 Å². The number of rotatable bonds is 1. The summed E-state index contributed by atoms with van der Waals surface area (Å²) >= 11 is 2.23. The lowest BCUT2D eigenvalue weighted by Crippen LogP contribution is -2.00. The van der Waals surface area contributed by atoms with Crippen molar-refractivity contribution >= 4 is 28.3 Å². The lowest BCUT2D eigenvalue weighted by atomic mass is 10.3. The molecule has 13 heavy (non-hydrogen) atoms. The van der Waals surface area contributed by atoms with Gasteiger partial charge in [0, 0.05) is 3.57 Å². The van der Waals surface area contributed by atoms with Gasteiger partial charge in [-0.3, -0.25) is 0 Å². The van der Waals surface area contributed by atoms with Crippen LogP contribution in [0.5, 0.6) is 0 Å². The van der Waals surface area contributed by atoms with Gasteiger partial charge in [-0.05, 0) is 40.8 Å². The molecule has 66 valence electrons. The van der Waals surface area contributed by atoms with Gasteiger partial charge < -0.3 is 5.73 Å². The minimum absolute atomic E-state index is 0.700. The summed E-state index contributed by atoms with van der Waals surface area (Å²) < 4.78 is 2.77. The highest BCUT2D eigenvalue weighted by molar-refractivity contribution is 14.1. The molecule has 0 fully saturated rings. The van der Waals surface area contributed by atoms with Crippen LogP contribution < -0.4 is 5.73 Å². The van der Waals surface area contributed by atoms with Gasteiger partial charge in [0.25, 0.3) is 0 Å². The zero-order valence-electron chi connectivity index (χ0n) is 6.68. The van der Waals surface area contributed by atoms with E-state index in [9.17, 15) is 0 Å². The van der Waals surface area contributed by atoms with Gasteiger partial charge in [0.05, 0.1) is 23.8 Å². The van der Waals surface area contributed by atoms with Crippen LogP contribution in [0.25, 0.3) is 5.69 Å². The number of benzene rings is 1. The van der Waals surface area contributed by atoms with E-state index in [-0.39, 0.29) is 0 Å². The Morgan fingerprint density at radius 3 is 2.92 bits per heavy atom. The molecule has 1 aromatic carbocycles. The third kappa shape index (κ3) is 1.64. The predicted molar refractivity (Wildman–Crippen MR) is 58.5 cm³/mol. The maximum atomic E-state index is 5.79. The van der Waals surface area contributed by atoms with Crippen molar-refractivity contribution in [3.8, 4) is 5.69 Å². The summed E-state index contributed by atoms with van der Waals surface area (Å²) in [6.45, 7) is 0. The molecule has 0 amide bonds. The molecule has 0 atom stereocenters. The molecule has 0 aliphatic carbocycles. The zero-order chi connectivity index (χ0) is 9.26. The number of anilines is 1. The maximum absolute atomic E-state index is 5.79. The highest BCUT2D eigenvalue weighted by Gasteiger charge is 2.02. The van der Waals surface area contributed by atoms with E-state index in [4.69, 9.17) is 5.73 Å². The molecule has 1 heterocycles. The zero-order valence-corrected chi connectivity index (χ0v) is 8.84. The van der Waals surface area contributed by atoms with Crippen molar-refractivity contribution in [1.82, 2.24) is 15.0 Å². The summed E-state index contributed by atoms with van der Waals surface area (Å²) in [5, 5.41) is 7.60. The summed E-state index contributed by atoms with van der Waals surface area (Å²) in [5.41, 5.74) is 7.35. The van der Waals surface area contributed by atoms with Gasteiger partial charge in [0.1, 0.15) is 0 Å². The maximum Gasteiger partial charge on any atom is 0.0903 e. The van der Waals surface area contributed by atoms with Gasteiger partial charge in [-0.2, -0.15) is 0 Å². The van der Waals surface area contributed by atoms with E-state index in [0.717, 1.165) is 9.26 Å². The van der Waals surface area contributed by atoms with Crippen molar-refractivity contribution in [3.63, 3.8) is 0 Å². The van der Waals surface area contributed by atoms with E-state index < -0.39 is 0 Å². The molecule has 0 saturated heterocycles. The number of nitrogen functional groups attached to an aromatic ring is 1. The highest BCUT2D eigenvalue weighted by atomic mass is 127. The smallest absolute Gasteiger partial charge is 0.0903 e. The molecule has 0 aliphatic heterocycles. The largest absolute Gasteiger partial charge is 0.397 e. The Morgan fingerprint density at radius 2 is 2.23 bits per heavy atom. The highest BCUT2D eigenvalue weighted by Crippen LogP contribution is 2.18. The molecular weight excluding hydrogens is 279 g/mol. The first-order chi connectivity index (χ1) is 6.27. The van der Waals surface area contributed by atoms with Crippen molar-refractivity contribution < 1.29 is 0 Å². The minimum Gasteiger partial charge on any atom is -0.397 e. The average molecular weight is 286 g/mol. The number of hydrogen-bond acceptors (Lipinski definition) is 3. The normalized spacial score (nSPS) is 10.2. The van der Waals surface area contributed by atoms with E-state index >= 15 is 0 Å². The Hall–Kier alpha value is -1.11. The Morgan fingerprint density at radius 1 is 1.38 bits per heavy atom. The molecule has 5 heteroatoms. The predicted octanol–water partition coefficient (Wildman–Crippen LogP) is 1.45. The van der Waals surface area contributed by atoms with E-state index in [2.05, 4.69) is 32.9 Å². The summed E-state index contributed by atoms with van der Waals surface area (Å²) in [4.78, 5) is 0. The first kappa shape index (κ1) is 8.49. The lowest BCUT2D eigenvalue weighted by Gasteiger charge is -2.04. The van der Waals surface area contributed by atoms with Crippen LogP contribution in [-0.2, 0) is 0 Å². The molecular formula is C8H7IN4. The van der Waals surface area contributed by atoms with Crippen LogP contribution in [0.1, 0.15) is 0 Å². The van der Waals surface area contributed by atoms with Crippen molar-refractivity contribution in [2.75, 3.05) is 5.73 Å². The van der Waals surface area contributed by atoms with Crippen molar-refractivity contribution in [3.05, 3.63) is 34.2 Å². The number of halogens is 1. The fourth-order valence-corrected chi connectivity index (χ4v) is 1.53. The molecule has 0 spiro atoms. The van der Waals surface area contributed by atoms with Gasteiger partial charge in [-0.25, -0.2) is 4.68 Å². The fourth-order valence-electron chi connectivity index (χ4n) is 1.05. The van der Waals surface area contributed by atoms with Crippen LogP contribution in [0, 0.1) is 3.57 Å². The molecule has 2 aromatic rings. The Balaban J connectivity index is 2.57. The molecule has 1 aromatic heterocycles. The lowest BCUT2D eigenvalue weighted by molar-refractivity contribution is 0.804. The van der Waals surface area contributed by atoms with Crippen molar-refractivity contribution in [2.45, 2.75) is 0 Å². The van der Waals surface area contributed by atoms with Crippen LogP contribution in [0.15, 0.2) is 30.6 Å². The molecule has 0 unspecified atom stereocenters. The van der Waals surface area contributed by atoms with E-state index in [1.165, 1.54) is 0 Å². The second-order valence-electron chi connectivity index (χ2n) is 2.55. The Labute approximate surface area is 88.9 Å².